The van der Waals surface area contributed by atoms with Gasteiger partial charge in [0, 0.05) is 17.7 Å². The number of hydrogen-bond donors (Lipinski definition) is 2. The van der Waals surface area contributed by atoms with E-state index in [1.807, 2.05) is 36.4 Å². The van der Waals surface area contributed by atoms with Gasteiger partial charge in [-0.25, -0.2) is 0 Å². The zero-order valence-corrected chi connectivity index (χ0v) is 11.9. The number of aliphatic hydroxyl groups is 1. The zero-order chi connectivity index (χ0) is 14.5. The summed E-state index contributed by atoms with van der Waals surface area (Å²) < 4.78 is 0. The minimum atomic E-state index is -0.416. The van der Waals surface area contributed by atoms with E-state index in [9.17, 15) is 5.11 Å². The number of nitrogens with zero attached hydrogens (tertiary/aromatic N) is 1. The van der Waals surface area contributed by atoms with Gasteiger partial charge in [0.25, 0.3) is 0 Å². The topological polar surface area (TPSA) is 44.6 Å². The lowest BCUT2D eigenvalue weighted by Crippen LogP contribution is -2.43. The van der Waals surface area contributed by atoms with Crippen LogP contribution in [0.4, 0.5) is 0 Å². The molecule has 2 aromatic carbocycles. The van der Waals surface area contributed by atoms with E-state index in [0.29, 0.717) is 6.54 Å². The predicted octanol–water partition coefficient (Wildman–Crippen LogP) is 2.25. The highest BCUT2D eigenvalue weighted by Gasteiger charge is 2.23. The number of piperidine rings is 1. The van der Waals surface area contributed by atoms with E-state index in [0.717, 1.165) is 29.8 Å². The van der Waals surface area contributed by atoms with Gasteiger partial charge >= 0.3 is 0 Å². The number of rotatable bonds is 3. The van der Waals surface area contributed by atoms with Crippen molar-refractivity contribution in [3.8, 4) is 0 Å². The van der Waals surface area contributed by atoms with Crippen molar-refractivity contribution >= 4 is 5.71 Å². The second-order valence-corrected chi connectivity index (χ2v) is 5.34. The van der Waals surface area contributed by atoms with Gasteiger partial charge in [-0.05, 0) is 13.0 Å². The molecule has 21 heavy (non-hydrogen) atoms. The minimum absolute atomic E-state index is 0.0401. The van der Waals surface area contributed by atoms with Crippen molar-refractivity contribution in [3.63, 3.8) is 0 Å². The highest BCUT2D eigenvalue weighted by Crippen LogP contribution is 2.16. The molecule has 0 spiro atoms. The third kappa shape index (κ3) is 3.38. The molecule has 1 fully saturated rings. The van der Waals surface area contributed by atoms with Gasteiger partial charge in [0.15, 0.2) is 0 Å². The fourth-order valence-electron chi connectivity index (χ4n) is 2.65. The van der Waals surface area contributed by atoms with E-state index in [-0.39, 0.29) is 6.04 Å². The Morgan fingerprint density at radius 1 is 0.952 bits per heavy atom. The van der Waals surface area contributed by atoms with Crippen molar-refractivity contribution in [1.29, 1.82) is 0 Å². The number of β-amino-alcohol motifs (C(OH)–C–C–N with tert-alkyl or cyclic N) is 1. The lowest BCUT2D eigenvalue weighted by molar-refractivity contribution is 0.121. The lowest BCUT2D eigenvalue weighted by Gasteiger charge is -2.26. The van der Waals surface area contributed by atoms with Gasteiger partial charge in [0.05, 0.1) is 17.9 Å². The van der Waals surface area contributed by atoms with Gasteiger partial charge in [-0.1, -0.05) is 60.7 Å². The van der Waals surface area contributed by atoms with Crippen LogP contribution in [0.1, 0.15) is 17.5 Å². The minimum Gasteiger partial charge on any atom is -0.390 e. The molecule has 3 nitrogen and oxygen atoms in total. The Balaban J connectivity index is 2.00. The van der Waals surface area contributed by atoms with Crippen LogP contribution in [0, 0.1) is 0 Å². The summed E-state index contributed by atoms with van der Waals surface area (Å²) in [5, 5.41) is 13.3. The Kier molecular flexibility index (Phi) is 4.43. The Morgan fingerprint density at radius 3 is 2.05 bits per heavy atom. The number of aliphatic imine (C=N–C) groups is 1. The van der Waals surface area contributed by atoms with Crippen molar-refractivity contribution in [2.75, 3.05) is 13.1 Å². The number of aliphatic hydroxyl groups excluding tert-OH is 1. The van der Waals surface area contributed by atoms with Gasteiger partial charge in [-0.3, -0.25) is 4.99 Å². The molecule has 0 unspecified atom stereocenters. The molecule has 0 bridgehead atoms. The first-order chi connectivity index (χ1) is 10.3. The molecule has 2 N–H and O–H groups in total. The largest absolute Gasteiger partial charge is 0.390 e. The molecule has 0 aromatic heterocycles. The van der Waals surface area contributed by atoms with Crippen LogP contribution >= 0.6 is 0 Å². The predicted molar refractivity (Wildman–Crippen MR) is 85.8 cm³/mol. The molecule has 0 amide bonds. The average molecular weight is 280 g/mol. The molecule has 0 aliphatic carbocycles. The maximum atomic E-state index is 10.1. The standard InChI is InChI=1S/C18H20N2O/c21-17-13-19-12-11-16(17)20-18(14-7-3-1-4-8-14)15-9-5-2-6-10-15/h1-10,16-17,19,21H,11-13H2/t16-,17-/m1/s1. The van der Waals surface area contributed by atoms with Crippen LogP contribution in [0.3, 0.4) is 0 Å². The van der Waals surface area contributed by atoms with Crippen molar-refractivity contribution < 1.29 is 5.11 Å². The first-order valence-electron chi connectivity index (χ1n) is 7.42. The van der Waals surface area contributed by atoms with Gasteiger partial charge in [-0.2, -0.15) is 0 Å². The maximum absolute atomic E-state index is 10.1. The van der Waals surface area contributed by atoms with E-state index >= 15 is 0 Å². The molecular weight excluding hydrogens is 260 g/mol. The molecule has 1 aliphatic heterocycles. The van der Waals surface area contributed by atoms with Gasteiger partial charge in [0.2, 0.25) is 0 Å². The first-order valence-corrected chi connectivity index (χ1v) is 7.42. The molecule has 3 heteroatoms. The van der Waals surface area contributed by atoms with Gasteiger partial charge < -0.3 is 10.4 Å². The molecule has 1 heterocycles. The summed E-state index contributed by atoms with van der Waals surface area (Å²) in [4.78, 5) is 4.88. The van der Waals surface area contributed by atoms with Crippen LogP contribution in [-0.2, 0) is 0 Å². The summed E-state index contributed by atoms with van der Waals surface area (Å²) in [5.41, 5.74) is 3.14. The Morgan fingerprint density at radius 2 is 1.52 bits per heavy atom. The zero-order valence-electron chi connectivity index (χ0n) is 11.9. The fraction of sp³-hybridized carbons (Fsp3) is 0.278. The summed E-state index contributed by atoms with van der Waals surface area (Å²) in [6, 6.07) is 20.3. The Hall–Kier alpha value is -1.97. The van der Waals surface area contributed by atoms with Crippen molar-refractivity contribution in [3.05, 3.63) is 71.8 Å². The van der Waals surface area contributed by atoms with E-state index in [4.69, 9.17) is 4.99 Å². The quantitative estimate of drug-likeness (QED) is 0.847. The average Bonchev–Trinajstić information content (AvgIpc) is 2.56. The maximum Gasteiger partial charge on any atom is 0.0888 e. The van der Waals surface area contributed by atoms with E-state index in [1.165, 1.54) is 0 Å². The number of nitrogens with one attached hydrogen (secondary N) is 1. The van der Waals surface area contributed by atoms with Crippen LogP contribution in [0.5, 0.6) is 0 Å². The molecular formula is C18H20N2O. The normalized spacial score (nSPS) is 21.8. The van der Waals surface area contributed by atoms with Crippen LogP contribution in [0.15, 0.2) is 65.7 Å². The molecule has 1 aliphatic rings. The summed E-state index contributed by atoms with van der Waals surface area (Å²) in [5.74, 6) is 0. The summed E-state index contributed by atoms with van der Waals surface area (Å²) >= 11 is 0. The Bertz CT molecular complexity index is 554. The molecule has 3 rings (SSSR count). The first kappa shape index (κ1) is 14.0. The second kappa shape index (κ2) is 6.66. The summed E-state index contributed by atoms with van der Waals surface area (Å²) in [6.45, 7) is 1.52. The van der Waals surface area contributed by atoms with Crippen LogP contribution in [-0.4, -0.2) is 36.1 Å². The third-order valence-electron chi connectivity index (χ3n) is 3.80. The molecule has 2 aromatic rings. The SMILES string of the molecule is O[C@@H]1CNCC[C@H]1N=C(c1ccccc1)c1ccccc1. The van der Waals surface area contributed by atoms with Crippen molar-refractivity contribution in [2.45, 2.75) is 18.6 Å². The van der Waals surface area contributed by atoms with Crippen molar-refractivity contribution in [1.82, 2.24) is 5.32 Å². The smallest absolute Gasteiger partial charge is 0.0888 e. The lowest BCUT2D eigenvalue weighted by atomic mass is 9.99. The molecule has 1 saturated heterocycles. The van der Waals surface area contributed by atoms with Crippen LogP contribution in [0.2, 0.25) is 0 Å². The fourth-order valence-corrected chi connectivity index (χ4v) is 2.65. The van der Waals surface area contributed by atoms with Crippen LogP contribution < -0.4 is 5.32 Å². The van der Waals surface area contributed by atoms with E-state index in [1.54, 1.807) is 0 Å². The number of hydrogen-bond acceptors (Lipinski definition) is 3. The monoisotopic (exact) mass is 280 g/mol. The van der Waals surface area contributed by atoms with Crippen molar-refractivity contribution in [2.24, 2.45) is 4.99 Å². The molecule has 108 valence electrons. The van der Waals surface area contributed by atoms with E-state index < -0.39 is 6.10 Å². The highest BCUT2D eigenvalue weighted by molar-refractivity contribution is 6.12. The third-order valence-corrected chi connectivity index (χ3v) is 3.80. The second-order valence-electron chi connectivity index (χ2n) is 5.34. The summed E-state index contributed by atoms with van der Waals surface area (Å²) in [6.07, 6.45) is 0.450. The Labute approximate surface area is 125 Å². The van der Waals surface area contributed by atoms with E-state index in [2.05, 4.69) is 29.6 Å². The molecule has 0 saturated carbocycles. The van der Waals surface area contributed by atoms with Gasteiger partial charge in [-0.15, -0.1) is 0 Å². The molecule has 2 atom stereocenters. The number of benzene rings is 2. The molecule has 0 radical (unpaired) electrons. The highest BCUT2D eigenvalue weighted by atomic mass is 16.3. The van der Waals surface area contributed by atoms with Gasteiger partial charge in [0.1, 0.15) is 0 Å². The van der Waals surface area contributed by atoms with Crippen LogP contribution in [0.25, 0.3) is 0 Å². The summed E-state index contributed by atoms with van der Waals surface area (Å²) in [7, 11) is 0.